The summed E-state index contributed by atoms with van der Waals surface area (Å²) >= 11 is 0. The maximum atomic E-state index is 5.90. The Morgan fingerprint density at radius 3 is 2.31 bits per heavy atom. The van der Waals surface area contributed by atoms with Gasteiger partial charge in [-0.1, -0.05) is 73.0 Å². The molecule has 0 radical (unpaired) electrons. The Balaban J connectivity index is 1.50. The van der Waals surface area contributed by atoms with Crippen LogP contribution in [0.15, 0.2) is 11.6 Å². The van der Waals surface area contributed by atoms with Crippen LogP contribution in [0.5, 0.6) is 0 Å². The molecule has 0 bridgehead atoms. The molecule has 0 aromatic carbocycles. The number of fused-ring (bicyclic) bond motifs is 5. The van der Waals surface area contributed by atoms with Crippen LogP contribution in [0, 0.1) is 58.2 Å². The fourth-order valence-corrected chi connectivity index (χ4v) is 9.93. The summed E-state index contributed by atoms with van der Waals surface area (Å²) < 4.78 is 5.90. The lowest BCUT2D eigenvalue weighted by Crippen LogP contribution is -2.52. The molecule has 0 spiro atoms. The predicted molar refractivity (Wildman–Crippen MR) is 138 cm³/mol. The minimum absolute atomic E-state index is 0.478. The molecule has 1 heteroatoms. The van der Waals surface area contributed by atoms with Crippen LogP contribution in [-0.4, -0.2) is 13.2 Å². The monoisotopic (exact) mass is 442 g/mol. The highest BCUT2D eigenvalue weighted by atomic mass is 16.5. The summed E-state index contributed by atoms with van der Waals surface area (Å²) in [6, 6.07) is 0. The van der Waals surface area contributed by atoms with Crippen molar-refractivity contribution in [3.05, 3.63) is 11.6 Å². The second kappa shape index (κ2) is 9.39. The zero-order valence-electron chi connectivity index (χ0n) is 22.8. The third-order valence-corrected chi connectivity index (χ3v) is 12.1. The number of rotatable bonds is 7. The van der Waals surface area contributed by atoms with E-state index in [1.54, 1.807) is 0 Å². The van der Waals surface area contributed by atoms with Gasteiger partial charge < -0.3 is 4.74 Å². The second-order valence-corrected chi connectivity index (χ2v) is 13.5. The summed E-state index contributed by atoms with van der Waals surface area (Å²) in [7, 11) is 1.93. The first-order valence-electron chi connectivity index (χ1n) is 14.4. The first-order chi connectivity index (χ1) is 15.2. The van der Waals surface area contributed by atoms with Crippen LogP contribution in [0.3, 0.4) is 0 Å². The third-order valence-electron chi connectivity index (χ3n) is 12.1. The molecule has 4 aliphatic rings. The van der Waals surface area contributed by atoms with Crippen LogP contribution >= 0.6 is 0 Å². The van der Waals surface area contributed by atoms with Gasteiger partial charge in [0.25, 0.3) is 0 Å². The van der Waals surface area contributed by atoms with Crippen molar-refractivity contribution in [3.8, 4) is 0 Å². The molecule has 3 saturated carbocycles. The first kappa shape index (κ1) is 24.8. The lowest BCUT2D eigenvalue weighted by atomic mass is 9.46. The van der Waals surface area contributed by atoms with Crippen molar-refractivity contribution in [2.75, 3.05) is 7.11 Å². The van der Waals surface area contributed by atoms with Gasteiger partial charge in [-0.3, -0.25) is 0 Å². The summed E-state index contributed by atoms with van der Waals surface area (Å²) in [6.45, 7) is 17.7. The summed E-state index contributed by atoms with van der Waals surface area (Å²) in [6.07, 6.45) is 17.3. The molecule has 4 aliphatic carbocycles. The Bertz CT molecular complexity index is 678. The number of methoxy groups -OCH3 is 1. The van der Waals surface area contributed by atoms with Crippen molar-refractivity contribution < 1.29 is 4.74 Å². The zero-order valence-corrected chi connectivity index (χ0v) is 22.8. The zero-order chi connectivity index (χ0) is 23.3. The number of hydrogen-bond donors (Lipinski definition) is 0. The third kappa shape index (κ3) is 3.95. The molecule has 0 aromatic heterocycles. The van der Waals surface area contributed by atoms with E-state index in [0.29, 0.717) is 22.9 Å². The standard InChI is InChI=1S/C31H54O/c1-9-23(20(2)3)11-10-21(4)25-14-15-27-24-12-13-26-22(5)29(32-8)17-19-31(26,7)28(24)16-18-30(25,27)6/h12,20-23,25-29H,9-11,13-19H2,1-8H3. The maximum Gasteiger partial charge on any atom is 0.0600 e. The Morgan fingerprint density at radius 2 is 1.66 bits per heavy atom. The van der Waals surface area contributed by atoms with Gasteiger partial charge in [0.1, 0.15) is 0 Å². The van der Waals surface area contributed by atoms with Gasteiger partial charge in [-0.15, -0.1) is 0 Å². The van der Waals surface area contributed by atoms with Gasteiger partial charge in [-0.25, -0.2) is 0 Å². The highest BCUT2D eigenvalue weighted by molar-refractivity contribution is 5.28. The summed E-state index contributed by atoms with van der Waals surface area (Å²) in [5, 5.41) is 0. The van der Waals surface area contributed by atoms with Gasteiger partial charge in [0.05, 0.1) is 6.10 Å². The van der Waals surface area contributed by atoms with E-state index < -0.39 is 0 Å². The van der Waals surface area contributed by atoms with E-state index in [0.717, 1.165) is 41.4 Å². The molecule has 3 fully saturated rings. The maximum absolute atomic E-state index is 5.90. The van der Waals surface area contributed by atoms with E-state index in [2.05, 4.69) is 54.5 Å². The molecule has 0 aromatic rings. The van der Waals surface area contributed by atoms with Crippen molar-refractivity contribution >= 4 is 0 Å². The smallest absolute Gasteiger partial charge is 0.0600 e. The largest absolute Gasteiger partial charge is 0.381 e. The van der Waals surface area contributed by atoms with Gasteiger partial charge in [0.2, 0.25) is 0 Å². The lowest BCUT2D eigenvalue weighted by molar-refractivity contribution is -0.0900. The fraction of sp³-hybridized carbons (Fsp3) is 0.935. The van der Waals surface area contributed by atoms with Crippen LogP contribution in [0.1, 0.15) is 113 Å². The number of ether oxygens (including phenoxy) is 1. The van der Waals surface area contributed by atoms with Crippen molar-refractivity contribution in [1.82, 2.24) is 0 Å². The van der Waals surface area contributed by atoms with Gasteiger partial charge >= 0.3 is 0 Å². The van der Waals surface area contributed by atoms with Gasteiger partial charge in [0.15, 0.2) is 0 Å². The lowest BCUT2D eigenvalue weighted by Gasteiger charge is -2.59. The summed E-state index contributed by atoms with van der Waals surface area (Å²) in [5.41, 5.74) is 2.98. The molecule has 10 atom stereocenters. The Labute approximate surface area is 200 Å². The number of hydrogen-bond acceptors (Lipinski definition) is 1. The molecule has 32 heavy (non-hydrogen) atoms. The fourth-order valence-electron chi connectivity index (χ4n) is 9.93. The van der Waals surface area contributed by atoms with Crippen molar-refractivity contribution in [2.45, 2.75) is 119 Å². The quantitative estimate of drug-likeness (QED) is 0.357. The summed E-state index contributed by atoms with van der Waals surface area (Å²) in [5.74, 6) is 6.82. The normalized spacial score (nSPS) is 45.6. The molecule has 0 saturated heterocycles. The van der Waals surface area contributed by atoms with E-state index in [-0.39, 0.29) is 0 Å². The van der Waals surface area contributed by atoms with Gasteiger partial charge in [0, 0.05) is 7.11 Å². The average Bonchev–Trinajstić information content (AvgIpc) is 3.11. The second-order valence-electron chi connectivity index (χ2n) is 13.5. The van der Waals surface area contributed by atoms with Gasteiger partial charge in [-0.05, 0) is 110 Å². The molecular formula is C31H54O. The van der Waals surface area contributed by atoms with Crippen LogP contribution in [0.2, 0.25) is 0 Å². The average molecular weight is 443 g/mol. The molecule has 10 unspecified atom stereocenters. The van der Waals surface area contributed by atoms with Crippen molar-refractivity contribution in [2.24, 2.45) is 58.2 Å². The van der Waals surface area contributed by atoms with Crippen LogP contribution in [0.25, 0.3) is 0 Å². The van der Waals surface area contributed by atoms with E-state index in [4.69, 9.17) is 4.74 Å². The predicted octanol–water partition coefficient (Wildman–Crippen LogP) is 8.92. The number of allylic oxidation sites excluding steroid dienone is 2. The molecule has 184 valence electrons. The topological polar surface area (TPSA) is 9.23 Å². The van der Waals surface area contributed by atoms with E-state index in [9.17, 15) is 0 Å². The molecular weight excluding hydrogens is 388 g/mol. The molecule has 0 N–H and O–H groups in total. The first-order valence-corrected chi connectivity index (χ1v) is 14.4. The van der Waals surface area contributed by atoms with E-state index in [1.807, 2.05) is 12.7 Å². The van der Waals surface area contributed by atoms with E-state index in [1.165, 1.54) is 64.2 Å². The minimum Gasteiger partial charge on any atom is -0.381 e. The highest BCUT2D eigenvalue weighted by Crippen LogP contribution is 2.67. The van der Waals surface area contributed by atoms with Crippen molar-refractivity contribution in [1.29, 1.82) is 0 Å². The molecule has 1 nitrogen and oxygen atoms in total. The van der Waals surface area contributed by atoms with Crippen LogP contribution in [0.4, 0.5) is 0 Å². The highest BCUT2D eigenvalue weighted by Gasteiger charge is 2.59. The molecule has 0 amide bonds. The Kier molecular flexibility index (Phi) is 7.28. The molecule has 0 heterocycles. The molecule has 4 rings (SSSR count). The van der Waals surface area contributed by atoms with Crippen molar-refractivity contribution in [3.63, 3.8) is 0 Å². The molecule has 0 aliphatic heterocycles. The van der Waals surface area contributed by atoms with Crippen LogP contribution in [-0.2, 0) is 4.74 Å². The SMILES string of the molecule is CCC(CCC(C)C1CCC2C3=CCC4C(C)C(OC)CCC4(C)C3CCC21C)C(C)C. The van der Waals surface area contributed by atoms with Gasteiger partial charge in [-0.2, -0.15) is 0 Å². The van der Waals surface area contributed by atoms with E-state index >= 15 is 0 Å². The Morgan fingerprint density at radius 1 is 0.969 bits per heavy atom. The minimum atomic E-state index is 0.478. The summed E-state index contributed by atoms with van der Waals surface area (Å²) in [4.78, 5) is 0. The van der Waals surface area contributed by atoms with Crippen LogP contribution < -0.4 is 0 Å². The Hall–Kier alpha value is -0.300.